The third kappa shape index (κ3) is 5.15. The highest BCUT2D eigenvalue weighted by Gasteiger charge is 2.23. The van der Waals surface area contributed by atoms with Crippen LogP contribution in [0.3, 0.4) is 0 Å². The number of hydrogen-bond acceptors (Lipinski definition) is 3. The molecule has 3 aromatic rings. The van der Waals surface area contributed by atoms with E-state index in [1.54, 1.807) is 17.5 Å². The molecule has 1 aromatic heterocycles. The van der Waals surface area contributed by atoms with Crippen LogP contribution in [0.2, 0.25) is 5.02 Å². The number of anilines is 1. The fourth-order valence-electron chi connectivity index (χ4n) is 2.51. The van der Waals surface area contributed by atoms with E-state index in [9.17, 15) is 14.0 Å². The van der Waals surface area contributed by atoms with Crippen LogP contribution in [0.15, 0.2) is 66.0 Å². The lowest BCUT2D eigenvalue weighted by atomic mass is 10.0. The van der Waals surface area contributed by atoms with Crippen LogP contribution in [-0.2, 0) is 11.2 Å². The molecule has 2 amide bonds. The number of carbonyl (C=O) groups excluding carboxylic acids is 2. The molecule has 1 atom stereocenters. The lowest BCUT2D eigenvalue weighted by Crippen LogP contribution is -2.45. The Labute approximate surface area is 165 Å². The smallest absolute Gasteiger partial charge is 0.262 e. The molecule has 1 heterocycles. The minimum absolute atomic E-state index is 0.00725. The van der Waals surface area contributed by atoms with E-state index >= 15 is 0 Å². The summed E-state index contributed by atoms with van der Waals surface area (Å²) in [7, 11) is 0. The molecular formula is C20H16ClFN2O2S. The highest BCUT2D eigenvalue weighted by Crippen LogP contribution is 2.19. The molecule has 1 unspecified atom stereocenters. The van der Waals surface area contributed by atoms with Gasteiger partial charge in [0.05, 0.1) is 10.6 Å². The molecule has 0 spiro atoms. The Kier molecular flexibility index (Phi) is 6.21. The first kappa shape index (κ1) is 19.1. The quantitative estimate of drug-likeness (QED) is 0.636. The second kappa shape index (κ2) is 8.79. The topological polar surface area (TPSA) is 58.2 Å². The maximum Gasteiger partial charge on any atom is 0.262 e. The summed E-state index contributed by atoms with van der Waals surface area (Å²) >= 11 is 7.02. The van der Waals surface area contributed by atoms with Gasteiger partial charge in [0, 0.05) is 11.4 Å². The number of halogens is 2. The van der Waals surface area contributed by atoms with E-state index in [1.807, 2.05) is 30.3 Å². The summed E-state index contributed by atoms with van der Waals surface area (Å²) in [5.74, 6) is -1.50. The average molecular weight is 403 g/mol. The van der Waals surface area contributed by atoms with Crippen LogP contribution >= 0.6 is 22.9 Å². The number of carbonyl (C=O) groups is 2. The minimum atomic E-state index is -0.864. The van der Waals surface area contributed by atoms with Crippen molar-refractivity contribution in [1.82, 2.24) is 5.32 Å². The highest BCUT2D eigenvalue weighted by molar-refractivity contribution is 7.12. The molecule has 7 heteroatoms. The van der Waals surface area contributed by atoms with Crippen LogP contribution in [-0.4, -0.2) is 17.9 Å². The van der Waals surface area contributed by atoms with Crippen molar-refractivity contribution in [2.45, 2.75) is 12.5 Å². The zero-order valence-electron chi connectivity index (χ0n) is 14.1. The van der Waals surface area contributed by atoms with Crippen LogP contribution in [0, 0.1) is 5.82 Å². The van der Waals surface area contributed by atoms with Gasteiger partial charge in [0.25, 0.3) is 5.91 Å². The molecule has 0 saturated heterocycles. The largest absolute Gasteiger partial charge is 0.339 e. The van der Waals surface area contributed by atoms with Crippen molar-refractivity contribution in [3.8, 4) is 0 Å². The molecule has 3 rings (SSSR count). The second-order valence-corrected chi connectivity index (χ2v) is 7.19. The van der Waals surface area contributed by atoms with Gasteiger partial charge in [-0.05, 0) is 35.2 Å². The van der Waals surface area contributed by atoms with E-state index < -0.39 is 17.8 Å². The Hall–Kier alpha value is -2.70. The van der Waals surface area contributed by atoms with Crippen LogP contribution in [0.1, 0.15) is 15.2 Å². The van der Waals surface area contributed by atoms with Crippen molar-refractivity contribution in [2.24, 2.45) is 0 Å². The first-order valence-electron chi connectivity index (χ1n) is 8.17. The molecule has 0 saturated carbocycles. The van der Waals surface area contributed by atoms with Crippen molar-refractivity contribution in [3.63, 3.8) is 0 Å². The highest BCUT2D eigenvalue weighted by atomic mass is 35.5. The van der Waals surface area contributed by atoms with Crippen LogP contribution in [0.4, 0.5) is 10.1 Å². The number of hydrogen-bond donors (Lipinski definition) is 2. The first-order valence-corrected chi connectivity index (χ1v) is 9.43. The molecule has 0 radical (unpaired) electrons. The van der Waals surface area contributed by atoms with Crippen molar-refractivity contribution < 1.29 is 14.0 Å². The lowest BCUT2D eigenvalue weighted by Gasteiger charge is -2.18. The van der Waals surface area contributed by atoms with Crippen LogP contribution in [0.25, 0.3) is 0 Å². The van der Waals surface area contributed by atoms with Gasteiger partial charge in [0.2, 0.25) is 5.91 Å². The SMILES string of the molecule is O=C(NC(Cc1ccccc1)C(=O)Nc1ccc(Cl)cc1F)c1cccs1. The average Bonchev–Trinajstić information content (AvgIpc) is 3.19. The second-order valence-electron chi connectivity index (χ2n) is 5.81. The van der Waals surface area contributed by atoms with Gasteiger partial charge in [0.15, 0.2) is 0 Å². The summed E-state index contributed by atoms with van der Waals surface area (Å²) in [6.07, 6.45) is 0.277. The summed E-state index contributed by atoms with van der Waals surface area (Å²) < 4.78 is 14.0. The molecule has 0 aliphatic rings. The van der Waals surface area contributed by atoms with Crippen LogP contribution < -0.4 is 10.6 Å². The third-order valence-corrected chi connectivity index (χ3v) is 4.94. The summed E-state index contributed by atoms with van der Waals surface area (Å²) in [5, 5.41) is 7.27. The number of rotatable bonds is 6. The fourth-order valence-corrected chi connectivity index (χ4v) is 3.29. The molecule has 0 bridgehead atoms. The maximum absolute atomic E-state index is 14.0. The van der Waals surface area contributed by atoms with Crippen molar-refractivity contribution in [2.75, 3.05) is 5.32 Å². The zero-order valence-corrected chi connectivity index (χ0v) is 15.7. The van der Waals surface area contributed by atoms with Gasteiger partial charge < -0.3 is 10.6 Å². The molecule has 2 aromatic carbocycles. The summed E-state index contributed by atoms with van der Waals surface area (Å²) in [6.45, 7) is 0. The Morgan fingerprint density at radius 1 is 1.07 bits per heavy atom. The number of amides is 2. The number of thiophene rings is 1. The minimum Gasteiger partial charge on any atom is -0.339 e. The van der Waals surface area contributed by atoms with Gasteiger partial charge in [-0.15, -0.1) is 11.3 Å². The van der Waals surface area contributed by atoms with Gasteiger partial charge in [-0.25, -0.2) is 4.39 Å². The normalized spacial score (nSPS) is 11.6. The first-order chi connectivity index (χ1) is 13.0. The fraction of sp³-hybridized carbons (Fsp3) is 0.100. The predicted octanol–water partition coefficient (Wildman–Crippen LogP) is 4.52. The standard InChI is InChI=1S/C20H16ClFN2O2S/c21-14-8-9-16(15(22)12-14)23-19(25)17(11-13-5-2-1-3-6-13)24-20(26)18-7-4-10-27-18/h1-10,12,17H,11H2,(H,23,25)(H,24,26). The molecule has 0 fully saturated rings. The molecule has 2 N–H and O–H groups in total. The molecule has 0 aliphatic heterocycles. The van der Waals surface area contributed by atoms with E-state index in [4.69, 9.17) is 11.6 Å². The summed E-state index contributed by atoms with van der Waals surface area (Å²) in [5.41, 5.74) is 0.883. The Balaban J connectivity index is 1.79. The van der Waals surface area contributed by atoms with Gasteiger partial charge in [0.1, 0.15) is 11.9 Å². The monoisotopic (exact) mass is 402 g/mol. The summed E-state index contributed by atoms with van der Waals surface area (Å²) in [6, 6.07) is 15.9. The van der Waals surface area contributed by atoms with Crippen molar-refractivity contribution in [1.29, 1.82) is 0 Å². The predicted molar refractivity (Wildman–Crippen MR) is 106 cm³/mol. The maximum atomic E-state index is 14.0. The van der Waals surface area contributed by atoms with Gasteiger partial charge in [-0.1, -0.05) is 48.0 Å². The number of benzene rings is 2. The van der Waals surface area contributed by atoms with E-state index in [1.165, 1.54) is 23.5 Å². The summed E-state index contributed by atoms with van der Waals surface area (Å²) in [4.78, 5) is 25.6. The molecule has 138 valence electrons. The molecule has 0 aliphatic carbocycles. The van der Waals surface area contributed by atoms with E-state index in [0.29, 0.717) is 4.88 Å². The van der Waals surface area contributed by atoms with Crippen LogP contribution in [0.5, 0.6) is 0 Å². The molecule has 27 heavy (non-hydrogen) atoms. The Bertz CT molecular complexity index is 932. The van der Waals surface area contributed by atoms with Crippen molar-refractivity contribution >= 4 is 40.4 Å². The number of nitrogens with one attached hydrogen (secondary N) is 2. The van der Waals surface area contributed by atoms with E-state index in [2.05, 4.69) is 10.6 Å². The van der Waals surface area contributed by atoms with Gasteiger partial charge in [-0.2, -0.15) is 0 Å². The third-order valence-electron chi connectivity index (χ3n) is 3.84. The van der Waals surface area contributed by atoms with Gasteiger partial charge in [-0.3, -0.25) is 9.59 Å². The molecule has 4 nitrogen and oxygen atoms in total. The lowest BCUT2D eigenvalue weighted by molar-refractivity contribution is -0.118. The molecular weight excluding hydrogens is 387 g/mol. The van der Waals surface area contributed by atoms with Gasteiger partial charge >= 0.3 is 0 Å². The zero-order chi connectivity index (χ0) is 19.2. The Morgan fingerprint density at radius 3 is 2.52 bits per heavy atom. The van der Waals surface area contributed by atoms with E-state index in [0.717, 1.165) is 11.6 Å². The van der Waals surface area contributed by atoms with E-state index in [-0.39, 0.29) is 23.0 Å². The van der Waals surface area contributed by atoms with Crippen molar-refractivity contribution in [3.05, 3.63) is 87.3 Å². The Morgan fingerprint density at radius 2 is 1.85 bits per heavy atom.